The van der Waals surface area contributed by atoms with Crippen molar-refractivity contribution in [2.24, 2.45) is 5.73 Å². The van der Waals surface area contributed by atoms with Gasteiger partial charge in [0.2, 0.25) is 0 Å². The van der Waals surface area contributed by atoms with Crippen LogP contribution in [-0.4, -0.2) is 8.42 Å². The second kappa shape index (κ2) is 5.64. The first kappa shape index (κ1) is 14.6. The Balaban J connectivity index is 2.31. The number of nitrogens with two attached hydrogens (primary N) is 1. The van der Waals surface area contributed by atoms with Crippen molar-refractivity contribution >= 4 is 15.7 Å². The van der Waals surface area contributed by atoms with Crippen molar-refractivity contribution in [3.8, 4) is 0 Å². The van der Waals surface area contributed by atoms with Gasteiger partial charge in [-0.2, -0.15) is 0 Å². The molecule has 0 spiro atoms. The van der Waals surface area contributed by atoms with Crippen LogP contribution in [0.25, 0.3) is 0 Å². The Labute approximate surface area is 119 Å². The van der Waals surface area contributed by atoms with Crippen LogP contribution in [0.5, 0.6) is 0 Å². The molecule has 4 nitrogen and oxygen atoms in total. The van der Waals surface area contributed by atoms with Gasteiger partial charge in [-0.05, 0) is 49.2 Å². The molecular formula is C15H18N2O2S. The number of hydrogen-bond donors (Lipinski definition) is 2. The third-order valence-electron chi connectivity index (χ3n) is 2.96. The molecule has 0 amide bonds. The van der Waals surface area contributed by atoms with Crippen molar-refractivity contribution in [1.82, 2.24) is 0 Å². The van der Waals surface area contributed by atoms with Gasteiger partial charge < -0.3 is 5.73 Å². The van der Waals surface area contributed by atoms with E-state index in [-0.39, 0.29) is 10.9 Å². The Bertz CT molecular complexity index is 709. The molecule has 20 heavy (non-hydrogen) atoms. The van der Waals surface area contributed by atoms with E-state index in [2.05, 4.69) is 4.72 Å². The highest BCUT2D eigenvalue weighted by Crippen LogP contribution is 2.20. The molecule has 0 fully saturated rings. The molecule has 2 aromatic carbocycles. The predicted octanol–water partition coefficient (Wildman–Crippen LogP) is 2.82. The van der Waals surface area contributed by atoms with Crippen LogP contribution in [0.15, 0.2) is 53.4 Å². The fraction of sp³-hybridized carbons (Fsp3) is 0.200. The van der Waals surface area contributed by atoms with Gasteiger partial charge in [0.25, 0.3) is 10.0 Å². The van der Waals surface area contributed by atoms with E-state index in [1.165, 1.54) is 0 Å². The van der Waals surface area contributed by atoms with Crippen LogP contribution >= 0.6 is 0 Å². The SMILES string of the molecule is Cc1cccc(S(=O)(=O)Nc2cccc(C(C)N)c2)c1. The van der Waals surface area contributed by atoms with Crippen molar-refractivity contribution in [3.05, 3.63) is 59.7 Å². The predicted molar refractivity (Wildman–Crippen MR) is 81.0 cm³/mol. The van der Waals surface area contributed by atoms with Crippen molar-refractivity contribution < 1.29 is 8.42 Å². The Morgan fingerprint density at radius 1 is 1.10 bits per heavy atom. The minimum Gasteiger partial charge on any atom is -0.324 e. The van der Waals surface area contributed by atoms with Crippen molar-refractivity contribution in [1.29, 1.82) is 0 Å². The Morgan fingerprint density at radius 2 is 1.80 bits per heavy atom. The summed E-state index contributed by atoms with van der Waals surface area (Å²) in [5.41, 5.74) is 8.10. The largest absolute Gasteiger partial charge is 0.324 e. The fourth-order valence-corrected chi connectivity index (χ4v) is 3.04. The van der Waals surface area contributed by atoms with Crippen molar-refractivity contribution in [2.45, 2.75) is 24.8 Å². The molecule has 5 heteroatoms. The summed E-state index contributed by atoms with van der Waals surface area (Å²) in [5.74, 6) is 0. The molecule has 0 aromatic heterocycles. The monoisotopic (exact) mass is 290 g/mol. The summed E-state index contributed by atoms with van der Waals surface area (Å²) >= 11 is 0. The molecular weight excluding hydrogens is 272 g/mol. The summed E-state index contributed by atoms with van der Waals surface area (Å²) in [7, 11) is -3.57. The van der Waals surface area contributed by atoms with Gasteiger partial charge >= 0.3 is 0 Å². The van der Waals surface area contributed by atoms with Crippen LogP contribution in [0.2, 0.25) is 0 Å². The third-order valence-corrected chi connectivity index (χ3v) is 4.34. The molecule has 0 aliphatic heterocycles. The standard InChI is InChI=1S/C15H18N2O2S/c1-11-5-3-8-15(9-11)20(18,19)17-14-7-4-6-13(10-14)12(2)16/h3-10,12,17H,16H2,1-2H3. The van der Waals surface area contributed by atoms with Gasteiger partial charge in [0.1, 0.15) is 0 Å². The molecule has 0 saturated carbocycles. The van der Waals surface area contributed by atoms with Gasteiger partial charge in [0, 0.05) is 11.7 Å². The molecule has 0 radical (unpaired) electrons. The summed E-state index contributed by atoms with van der Waals surface area (Å²) in [6, 6.07) is 13.8. The first-order chi connectivity index (χ1) is 9.38. The number of benzene rings is 2. The molecule has 0 aliphatic carbocycles. The quantitative estimate of drug-likeness (QED) is 0.909. The molecule has 0 saturated heterocycles. The maximum atomic E-state index is 12.3. The van der Waals surface area contributed by atoms with E-state index < -0.39 is 10.0 Å². The number of sulfonamides is 1. The normalized spacial score (nSPS) is 12.9. The molecule has 2 aromatic rings. The minimum atomic E-state index is -3.57. The van der Waals surface area contributed by atoms with E-state index in [9.17, 15) is 8.42 Å². The zero-order chi connectivity index (χ0) is 14.8. The molecule has 1 unspecified atom stereocenters. The topological polar surface area (TPSA) is 72.2 Å². The maximum Gasteiger partial charge on any atom is 0.261 e. The summed E-state index contributed by atoms with van der Waals surface area (Å²) in [4.78, 5) is 0.253. The van der Waals surface area contributed by atoms with E-state index in [4.69, 9.17) is 5.73 Å². The highest BCUT2D eigenvalue weighted by Gasteiger charge is 2.14. The van der Waals surface area contributed by atoms with Crippen LogP contribution < -0.4 is 10.5 Å². The Morgan fingerprint density at radius 3 is 2.45 bits per heavy atom. The van der Waals surface area contributed by atoms with Crippen LogP contribution in [0.1, 0.15) is 24.1 Å². The van der Waals surface area contributed by atoms with Crippen LogP contribution in [0.3, 0.4) is 0 Å². The number of rotatable bonds is 4. The molecule has 2 rings (SSSR count). The summed E-state index contributed by atoms with van der Waals surface area (Å²) in [5, 5.41) is 0. The fourth-order valence-electron chi connectivity index (χ4n) is 1.88. The number of hydrogen-bond acceptors (Lipinski definition) is 3. The van der Waals surface area contributed by atoms with Crippen LogP contribution in [0, 0.1) is 6.92 Å². The first-order valence-corrected chi connectivity index (χ1v) is 7.82. The summed E-state index contributed by atoms with van der Waals surface area (Å²) in [6.07, 6.45) is 0. The van der Waals surface area contributed by atoms with Crippen LogP contribution in [-0.2, 0) is 10.0 Å². The lowest BCUT2D eigenvalue weighted by Gasteiger charge is -2.11. The zero-order valence-electron chi connectivity index (χ0n) is 11.5. The lowest BCUT2D eigenvalue weighted by atomic mass is 10.1. The Hall–Kier alpha value is -1.85. The van der Waals surface area contributed by atoms with Gasteiger partial charge in [-0.15, -0.1) is 0 Å². The van der Waals surface area contributed by atoms with Gasteiger partial charge in [-0.1, -0.05) is 24.3 Å². The van der Waals surface area contributed by atoms with Gasteiger partial charge in [0.15, 0.2) is 0 Å². The lowest BCUT2D eigenvalue weighted by Crippen LogP contribution is -2.13. The van der Waals surface area contributed by atoms with E-state index in [0.29, 0.717) is 5.69 Å². The molecule has 0 bridgehead atoms. The molecule has 0 aliphatic rings. The van der Waals surface area contributed by atoms with Gasteiger partial charge in [0.05, 0.1) is 4.90 Å². The smallest absolute Gasteiger partial charge is 0.261 e. The minimum absolute atomic E-state index is 0.140. The average Bonchev–Trinajstić information content (AvgIpc) is 2.38. The highest BCUT2D eigenvalue weighted by molar-refractivity contribution is 7.92. The third kappa shape index (κ3) is 3.37. The second-order valence-electron chi connectivity index (χ2n) is 4.84. The van der Waals surface area contributed by atoms with E-state index >= 15 is 0 Å². The number of nitrogens with one attached hydrogen (secondary N) is 1. The zero-order valence-corrected chi connectivity index (χ0v) is 12.3. The second-order valence-corrected chi connectivity index (χ2v) is 6.52. The Kier molecular flexibility index (Phi) is 4.11. The maximum absolute atomic E-state index is 12.3. The molecule has 0 heterocycles. The van der Waals surface area contributed by atoms with E-state index in [1.807, 2.05) is 26.0 Å². The van der Waals surface area contributed by atoms with E-state index in [0.717, 1.165) is 11.1 Å². The van der Waals surface area contributed by atoms with Gasteiger partial charge in [-0.25, -0.2) is 8.42 Å². The highest BCUT2D eigenvalue weighted by atomic mass is 32.2. The summed E-state index contributed by atoms with van der Waals surface area (Å²) in [6.45, 7) is 3.71. The molecule has 106 valence electrons. The van der Waals surface area contributed by atoms with Gasteiger partial charge in [-0.3, -0.25) is 4.72 Å². The molecule has 1 atom stereocenters. The summed E-state index contributed by atoms with van der Waals surface area (Å²) < 4.78 is 27.2. The van der Waals surface area contributed by atoms with Crippen molar-refractivity contribution in [2.75, 3.05) is 4.72 Å². The first-order valence-electron chi connectivity index (χ1n) is 6.33. The number of anilines is 1. The van der Waals surface area contributed by atoms with Crippen molar-refractivity contribution in [3.63, 3.8) is 0 Å². The molecule has 3 N–H and O–H groups in total. The average molecular weight is 290 g/mol. The number of aryl methyl sites for hydroxylation is 1. The van der Waals surface area contributed by atoms with Crippen LogP contribution in [0.4, 0.5) is 5.69 Å². The van der Waals surface area contributed by atoms with E-state index in [1.54, 1.807) is 36.4 Å². The lowest BCUT2D eigenvalue weighted by molar-refractivity contribution is 0.601.